The number of anilines is 1. The molecule has 1 aromatic carbocycles. The van der Waals surface area contributed by atoms with Crippen molar-refractivity contribution in [2.24, 2.45) is 13.0 Å². The lowest BCUT2D eigenvalue weighted by Crippen LogP contribution is -2.43. The standard InChI is InChI=1S/C18H21N3O/c1-12-7-8-13-5-3-4-6-17(13)21(12)18(22)16-9-15(16)14-10-19-20(2)11-14/h3-6,10-12,15-16H,7-9H2,1-2H3. The number of aromatic nitrogens is 2. The predicted molar refractivity (Wildman–Crippen MR) is 85.8 cm³/mol. The molecule has 1 fully saturated rings. The summed E-state index contributed by atoms with van der Waals surface area (Å²) in [7, 11) is 1.92. The fourth-order valence-corrected chi connectivity index (χ4v) is 3.67. The molecule has 4 nitrogen and oxygen atoms in total. The predicted octanol–water partition coefficient (Wildman–Crippen LogP) is 2.89. The molecule has 0 saturated heterocycles. The summed E-state index contributed by atoms with van der Waals surface area (Å²) in [5.41, 5.74) is 3.61. The maximum Gasteiger partial charge on any atom is 0.230 e. The molecule has 3 atom stereocenters. The number of benzene rings is 1. The van der Waals surface area contributed by atoms with Crippen molar-refractivity contribution in [1.82, 2.24) is 9.78 Å². The quantitative estimate of drug-likeness (QED) is 0.854. The van der Waals surface area contributed by atoms with Crippen molar-refractivity contribution in [1.29, 1.82) is 0 Å². The molecule has 1 aliphatic heterocycles. The van der Waals surface area contributed by atoms with Gasteiger partial charge in [-0.1, -0.05) is 18.2 Å². The van der Waals surface area contributed by atoms with Crippen LogP contribution >= 0.6 is 0 Å². The molecule has 2 aliphatic rings. The van der Waals surface area contributed by atoms with Gasteiger partial charge in [-0.15, -0.1) is 0 Å². The van der Waals surface area contributed by atoms with Crippen LogP contribution in [-0.2, 0) is 18.3 Å². The van der Waals surface area contributed by atoms with Gasteiger partial charge in [-0.3, -0.25) is 9.48 Å². The molecular formula is C18H21N3O. The fraction of sp³-hybridized carbons (Fsp3) is 0.444. The Hall–Kier alpha value is -2.10. The normalized spacial score (nSPS) is 26.6. The van der Waals surface area contributed by atoms with Crippen LogP contribution in [0, 0.1) is 5.92 Å². The van der Waals surface area contributed by atoms with Gasteiger partial charge in [-0.25, -0.2) is 0 Å². The summed E-state index contributed by atoms with van der Waals surface area (Å²) in [5, 5.41) is 4.23. The van der Waals surface area contributed by atoms with Crippen molar-refractivity contribution in [3.63, 3.8) is 0 Å². The maximum atomic E-state index is 13.0. The van der Waals surface area contributed by atoms with Crippen LogP contribution in [0.3, 0.4) is 0 Å². The van der Waals surface area contributed by atoms with Crippen LogP contribution in [-0.4, -0.2) is 21.7 Å². The highest BCUT2D eigenvalue weighted by Gasteiger charge is 2.48. The minimum Gasteiger partial charge on any atom is -0.309 e. The number of carbonyl (C=O) groups is 1. The average molecular weight is 295 g/mol. The Labute approximate surface area is 130 Å². The lowest BCUT2D eigenvalue weighted by atomic mass is 9.96. The Balaban J connectivity index is 1.59. The van der Waals surface area contributed by atoms with Crippen molar-refractivity contribution in [3.8, 4) is 0 Å². The number of fused-ring (bicyclic) bond motifs is 1. The van der Waals surface area contributed by atoms with Gasteiger partial charge in [-0.2, -0.15) is 5.10 Å². The lowest BCUT2D eigenvalue weighted by Gasteiger charge is -2.35. The van der Waals surface area contributed by atoms with E-state index < -0.39 is 0 Å². The van der Waals surface area contributed by atoms with Gasteiger partial charge in [-0.05, 0) is 49.3 Å². The van der Waals surface area contributed by atoms with Crippen LogP contribution in [0.1, 0.15) is 36.8 Å². The molecular weight excluding hydrogens is 274 g/mol. The Bertz CT molecular complexity index is 721. The van der Waals surface area contributed by atoms with E-state index >= 15 is 0 Å². The molecule has 4 heteroatoms. The van der Waals surface area contributed by atoms with Crippen LogP contribution in [0.25, 0.3) is 0 Å². The molecule has 1 saturated carbocycles. The summed E-state index contributed by atoms with van der Waals surface area (Å²) < 4.78 is 1.81. The second-order valence-electron chi connectivity index (χ2n) is 6.62. The molecule has 0 N–H and O–H groups in total. The number of hydrogen-bond donors (Lipinski definition) is 0. The molecule has 0 radical (unpaired) electrons. The van der Waals surface area contributed by atoms with Gasteiger partial charge in [0.2, 0.25) is 5.91 Å². The zero-order valence-electron chi connectivity index (χ0n) is 13.1. The van der Waals surface area contributed by atoms with E-state index in [-0.39, 0.29) is 17.9 Å². The topological polar surface area (TPSA) is 38.1 Å². The average Bonchev–Trinajstić information content (AvgIpc) is 3.21. The van der Waals surface area contributed by atoms with Gasteiger partial charge in [0.15, 0.2) is 0 Å². The molecule has 2 heterocycles. The molecule has 3 unspecified atom stereocenters. The Morgan fingerprint density at radius 2 is 2.14 bits per heavy atom. The highest BCUT2D eigenvalue weighted by atomic mass is 16.2. The van der Waals surface area contributed by atoms with Crippen LogP contribution in [0.2, 0.25) is 0 Å². The van der Waals surface area contributed by atoms with Crippen molar-refractivity contribution >= 4 is 11.6 Å². The van der Waals surface area contributed by atoms with E-state index in [1.54, 1.807) is 0 Å². The van der Waals surface area contributed by atoms with Gasteiger partial charge in [0, 0.05) is 30.9 Å². The monoisotopic (exact) mass is 295 g/mol. The minimum atomic E-state index is 0.123. The fourth-order valence-electron chi connectivity index (χ4n) is 3.67. The van der Waals surface area contributed by atoms with E-state index in [4.69, 9.17) is 0 Å². The highest BCUT2D eigenvalue weighted by Crippen LogP contribution is 2.49. The molecule has 22 heavy (non-hydrogen) atoms. The van der Waals surface area contributed by atoms with Crippen LogP contribution in [0.4, 0.5) is 5.69 Å². The van der Waals surface area contributed by atoms with Crippen molar-refractivity contribution in [2.75, 3.05) is 4.90 Å². The van der Waals surface area contributed by atoms with E-state index in [0.29, 0.717) is 5.92 Å². The Morgan fingerprint density at radius 3 is 2.91 bits per heavy atom. The van der Waals surface area contributed by atoms with Gasteiger partial charge in [0.05, 0.1) is 6.20 Å². The van der Waals surface area contributed by atoms with Gasteiger partial charge in [0.25, 0.3) is 0 Å². The van der Waals surface area contributed by atoms with Gasteiger partial charge >= 0.3 is 0 Å². The van der Waals surface area contributed by atoms with Crippen molar-refractivity contribution in [2.45, 2.75) is 38.1 Å². The molecule has 1 aromatic heterocycles. The summed E-state index contributed by atoms with van der Waals surface area (Å²) in [6.07, 6.45) is 7.00. The van der Waals surface area contributed by atoms with Crippen LogP contribution in [0.15, 0.2) is 36.7 Å². The molecule has 1 aliphatic carbocycles. The SMILES string of the molecule is CC1CCc2ccccc2N1C(=O)C1CC1c1cnn(C)c1. The van der Waals surface area contributed by atoms with E-state index in [2.05, 4.69) is 30.2 Å². The molecule has 0 spiro atoms. The second kappa shape index (κ2) is 4.97. The number of amides is 1. The summed E-state index contributed by atoms with van der Waals surface area (Å²) >= 11 is 0. The number of para-hydroxylation sites is 1. The number of carbonyl (C=O) groups excluding carboxylic acids is 1. The molecule has 0 bridgehead atoms. The van der Waals surface area contributed by atoms with Crippen LogP contribution in [0.5, 0.6) is 0 Å². The summed E-state index contributed by atoms with van der Waals surface area (Å²) in [6, 6.07) is 8.62. The van der Waals surface area contributed by atoms with E-state index in [1.165, 1.54) is 11.1 Å². The smallest absolute Gasteiger partial charge is 0.230 e. The summed E-state index contributed by atoms with van der Waals surface area (Å²) in [6.45, 7) is 2.16. The van der Waals surface area contributed by atoms with E-state index in [0.717, 1.165) is 24.9 Å². The third-order valence-corrected chi connectivity index (χ3v) is 5.02. The first-order valence-corrected chi connectivity index (χ1v) is 8.04. The maximum absolute atomic E-state index is 13.0. The lowest BCUT2D eigenvalue weighted by molar-refractivity contribution is -0.120. The first kappa shape index (κ1) is 13.6. The molecule has 2 aromatic rings. The minimum absolute atomic E-state index is 0.123. The summed E-state index contributed by atoms with van der Waals surface area (Å²) in [4.78, 5) is 15.1. The molecule has 114 valence electrons. The molecule has 1 amide bonds. The highest BCUT2D eigenvalue weighted by molar-refractivity contribution is 5.99. The van der Waals surface area contributed by atoms with E-state index in [1.807, 2.05) is 35.1 Å². The second-order valence-corrected chi connectivity index (χ2v) is 6.62. The van der Waals surface area contributed by atoms with Crippen LogP contribution < -0.4 is 4.90 Å². The Morgan fingerprint density at radius 1 is 1.32 bits per heavy atom. The number of rotatable bonds is 2. The van der Waals surface area contributed by atoms with Gasteiger partial charge in [0.1, 0.15) is 0 Å². The Kier molecular flexibility index (Phi) is 3.06. The third kappa shape index (κ3) is 2.14. The zero-order valence-corrected chi connectivity index (χ0v) is 13.1. The first-order valence-electron chi connectivity index (χ1n) is 8.04. The summed E-state index contributed by atoms with van der Waals surface area (Å²) in [5.74, 6) is 0.758. The van der Waals surface area contributed by atoms with E-state index in [9.17, 15) is 4.79 Å². The number of hydrogen-bond acceptors (Lipinski definition) is 2. The van der Waals surface area contributed by atoms with Crippen molar-refractivity contribution < 1.29 is 4.79 Å². The van der Waals surface area contributed by atoms with Crippen molar-refractivity contribution in [3.05, 3.63) is 47.8 Å². The number of nitrogens with zero attached hydrogens (tertiary/aromatic N) is 3. The van der Waals surface area contributed by atoms with Gasteiger partial charge < -0.3 is 4.90 Å². The third-order valence-electron chi connectivity index (χ3n) is 5.02. The number of aryl methyl sites for hydroxylation is 2. The largest absolute Gasteiger partial charge is 0.309 e. The zero-order chi connectivity index (χ0) is 15.3. The first-order chi connectivity index (χ1) is 10.6. The molecule has 4 rings (SSSR count).